The van der Waals surface area contributed by atoms with Gasteiger partial charge in [0.15, 0.2) is 0 Å². The van der Waals surface area contributed by atoms with Crippen molar-refractivity contribution < 1.29 is 22.1 Å². The standard InChI is InChI=1S/C17H23NO5S/c1-13-6-8-15(9-7-13)24(20,21)22-12-14(11-18-5)10-16(19)23-17(2,3)4/h6-9,14H,10-12H2,1-4H3/t14-/m0/s1. The first-order valence-corrected chi connectivity index (χ1v) is 8.95. The average molecular weight is 353 g/mol. The van der Waals surface area contributed by atoms with E-state index in [9.17, 15) is 13.2 Å². The van der Waals surface area contributed by atoms with Crippen LogP contribution in [0, 0.1) is 19.4 Å². The molecule has 0 aromatic heterocycles. The molecular weight excluding hydrogens is 330 g/mol. The summed E-state index contributed by atoms with van der Waals surface area (Å²) in [4.78, 5) is 15.1. The minimum absolute atomic E-state index is 0.0112. The molecule has 0 aliphatic heterocycles. The van der Waals surface area contributed by atoms with Gasteiger partial charge in [0.2, 0.25) is 6.54 Å². The van der Waals surface area contributed by atoms with E-state index in [-0.39, 0.29) is 24.5 Å². The Balaban J connectivity index is 2.70. The first-order chi connectivity index (χ1) is 11.0. The minimum atomic E-state index is -3.92. The minimum Gasteiger partial charge on any atom is -0.460 e. The Morgan fingerprint density at radius 1 is 1.25 bits per heavy atom. The first kappa shape index (κ1) is 20.1. The Morgan fingerprint density at radius 2 is 1.83 bits per heavy atom. The second kappa shape index (κ2) is 8.27. The van der Waals surface area contributed by atoms with E-state index in [1.54, 1.807) is 32.9 Å². The van der Waals surface area contributed by atoms with Crippen LogP contribution in [0.1, 0.15) is 32.8 Å². The monoisotopic (exact) mass is 353 g/mol. The molecule has 24 heavy (non-hydrogen) atoms. The molecule has 0 aliphatic carbocycles. The maximum absolute atomic E-state index is 12.2. The Bertz CT molecular complexity index is 696. The second-order valence-electron chi connectivity index (χ2n) is 6.55. The van der Waals surface area contributed by atoms with Gasteiger partial charge in [0, 0.05) is 0 Å². The molecule has 1 rings (SSSR count). The summed E-state index contributed by atoms with van der Waals surface area (Å²) in [6.45, 7) is 13.8. The molecule has 0 radical (unpaired) electrons. The molecule has 1 atom stereocenters. The number of ether oxygens (including phenoxy) is 1. The topological polar surface area (TPSA) is 74.0 Å². The Labute approximate surface area is 143 Å². The normalized spacial score (nSPS) is 13.1. The number of carbonyl (C=O) groups is 1. The number of rotatable bonds is 7. The molecule has 1 aromatic rings. The van der Waals surface area contributed by atoms with Crippen LogP contribution in [0.25, 0.3) is 4.85 Å². The molecule has 0 saturated heterocycles. The molecule has 0 unspecified atom stereocenters. The number of hydrogen-bond donors (Lipinski definition) is 0. The molecule has 0 fully saturated rings. The van der Waals surface area contributed by atoms with Crippen molar-refractivity contribution >= 4 is 16.1 Å². The van der Waals surface area contributed by atoms with Crippen molar-refractivity contribution in [2.75, 3.05) is 13.2 Å². The zero-order valence-corrected chi connectivity index (χ0v) is 15.2. The van der Waals surface area contributed by atoms with Gasteiger partial charge < -0.3 is 9.58 Å². The highest BCUT2D eigenvalue weighted by Crippen LogP contribution is 2.17. The van der Waals surface area contributed by atoms with Crippen LogP contribution in [0.15, 0.2) is 29.2 Å². The smallest absolute Gasteiger partial charge is 0.306 e. The predicted octanol–water partition coefficient (Wildman–Crippen LogP) is 2.97. The second-order valence-corrected chi connectivity index (χ2v) is 8.16. The molecule has 1 aromatic carbocycles. The van der Waals surface area contributed by atoms with Gasteiger partial charge in [0.25, 0.3) is 10.1 Å². The van der Waals surface area contributed by atoms with Crippen LogP contribution in [-0.4, -0.2) is 33.1 Å². The van der Waals surface area contributed by atoms with Gasteiger partial charge in [0.05, 0.1) is 23.8 Å². The molecule has 0 heterocycles. The Hall–Kier alpha value is -1.91. The first-order valence-electron chi connectivity index (χ1n) is 7.54. The molecule has 6 nitrogen and oxygen atoms in total. The zero-order chi connectivity index (χ0) is 18.4. The summed E-state index contributed by atoms with van der Waals surface area (Å²) < 4.78 is 34.5. The number of hydrogen-bond acceptors (Lipinski definition) is 5. The largest absolute Gasteiger partial charge is 0.460 e. The van der Waals surface area contributed by atoms with Gasteiger partial charge in [-0.1, -0.05) is 17.7 Å². The van der Waals surface area contributed by atoms with Crippen LogP contribution in [-0.2, 0) is 23.8 Å². The highest BCUT2D eigenvalue weighted by Gasteiger charge is 2.25. The van der Waals surface area contributed by atoms with Crippen LogP contribution >= 0.6 is 0 Å². The average Bonchev–Trinajstić information content (AvgIpc) is 2.43. The van der Waals surface area contributed by atoms with E-state index in [0.29, 0.717) is 0 Å². The molecule has 7 heteroatoms. The molecule has 0 bridgehead atoms. The number of carbonyl (C=O) groups excluding carboxylic acids is 1. The van der Waals surface area contributed by atoms with Crippen LogP contribution in [0.2, 0.25) is 0 Å². The highest BCUT2D eigenvalue weighted by atomic mass is 32.2. The quantitative estimate of drug-likeness (QED) is 0.428. The zero-order valence-electron chi connectivity index (χ0n) is 14.4. The highest BCUT2D eigenvalue weighted by molar-refractivity contribution is 7.86. The number of esters is 1. The van der Waals surface area contributed by atoms with E-state index in [0.717, 1.165) is 5.56 Å². The number of aryl methyl sites for hydroxylation is 1. The van der Waals surface area contributed by atoms with Gasteiger partial charge in [-0.25, -0.2) is 6.57 Å². The van der Waals surface area contributed by atoms with Gasteiger partial charge in [-0.05, 0) is 39.8 Å². The fourth-order valence-corrected chi connectivity index (χ4v) is 2.86. The van der Waals surface area contributed by atoms with E-state index >= 15 is 0 Å². The molecule has 0 N–H and O–H groups in total. The van der Waals surface area contributed by atoms with E-state index in [4.69, 9.17) is 15.5 Å². The van der Waals surface area contributed by atoms with Crippen molar-refractivity contribution in [1.82, 2.24) is 0 Å². The van der Waals surface area contributed by atoms with Crippen LogP contribution in [0.4, 0.5) is 0 Å². The fraction of sp³-hybridized carbons (Fsp3) is 0.529. The molecular formula is C17H23NO5S. The lowest BCUT2D eigenvalue weighted by molar-refractivity contribution is -0.156. The maximum Gasteiger partial charge on any atom is 0.306 e. The molecule has 0 amide bonds. The van der Waals surface area contributed by atoms with Crippen molar-refractivity contribution in [3.05, 3.63) is 41.2 Å². The summed E-state index contributed by atoms with van der Waals surface area (Å²) in [6, 6.07) is 6.27. The van der Waals surface area contributed by atoms with E-state index < -0.39 is 27.6 Å². The number of nitrogens with zero attached hydrogens (tertiary/aromatic N) is 1. The third-order valence-corrected chi connectivity index (χ3v) is 4.29. The SMILES string of the molecule is [C-]#[N+]C[C@@H](COS(=O)(=O)c1ccc(C)cc1)CC(=O)OC(C)(C)C. The summed E-state index contributed by atoms with van der Waals surface area (Å²) in [5, 5.41) is 0. The van der Waals surface area contributed by atoms with E-state index in [2.05, 4.69) is 4.85 Å². The Morgan fingerprint density at radius 3 is 2.33 bits per heavy atom. The maximum atomic E-state index is 12.2. The third-order valence-electron chi connectivity index (χ3n) is 2.99. The molecule has 0 saturated carbocycles. The molecule has 0 aliphatic rings. The number of benzene rings is 1. The summed E-state index contributed by atoms with van der Waals surface area (Å²) in [6.07, 6.45) is -0.0664. The fourth-order valence-electron chi connectivity index (χ4n) is 1.88. The van der Waals surface area contributed by atoms with Gasteiger partial charge >= 0.3 is 5.97 Å². The molecule has 132 valence electrons. The lowest BCUT2D eigenvalue weighted by atomic mass is 10.1. The van der Waals surface area contributed by atoms with Crippen molar-refractivity contribution in [2.24, 2.45) is 5.92 Å². The van der Waals surface area contributed by atoms with E-state index in [1.807, 2.05) is 6.92 Å². The van der Waals surface area contributed by atoms with Crippen molar-refractivity contribution in [3.8, 4) is 0 Å². The third kappa shape index (κ3) is 7.11. The molecule has 0 spiro atoms. The van der Waals surface area contributed by atoms with Crippen molar-refractivity contribution in [3.63, 3.8) is 0 Å². The van der Waals surface area contributed by atoms with Crippen LogP contribution in [0.3, 0.4) is 0 Å². The van der Waals surface area contributed by atoms with Crippen molar-refractivity contribution in [1.29, 1.82) is 0 Å². The van der Waals surface area contributed by atoms with E-state index in [1.165, 1.54) is 12.1 Å². The van der Waals surface area contributed by atoms with Gasteiger partial charge in [-0.2, -0.15) is 8.42 Å². The van der Waals surface area contributed by atoms with Crippen LogP contribution in [0.5, 0.6) is 0 Å². The van der Waals surface area contributed by atoms with Crippen molar-refractivity contribution in [2.45, 2.75) is 44.6 Å². The summed E-state index contributed by atoms with van der Waals surface area (Å²) in [7, 11) is -3.92. The predicted molar refractivity (Wildman–Crippen MR) is 89.7 cm³/mol. The van der Waals surface area contributed by atoms with Gasteiger partial charge in [0.1, 0.15) is 5.60 Å². The van der Waals surface area contributed by atoms with Gasteiger partial charge in [-0.3, -0.25) is 8.98 Å². The van der Waals surface area contributed by atoms with Crippen LogP contribution < -0.4 is 0 Å². The summed E-state index contributed by atoms with van der Waals surface area (Å²) >= 11 is 0. The lowest BCUT2D eigenvalue weighted by Gasteiger charge is -2.20. The Kier molecular flexibility index (Phi) is 6.93. The summed E-state index contributed by atoms with van der Waals surface area (Å²) in [5.74, 6) is -1.02. The lowest BCUT2D eigenvalue weighted by Crippen LogP contribution is -2.27. The summed E-state index contributed by atoms with van der Waals surface area (Å²) in [5.41, 5.74) is 0.305. The van der Waals surface area contributed by atoms with Gasteiger partial charge in [-0.15, -0.1) is 0 Å².